The van der Waals surface area contributed by atoms with Crippen molar-refractivity contribution in [3.8, 4) is 5.75 Å². The third kappa shape index (κ3) is 3.44. The van der Waals surface area contributed by atoms with Gasteiger partial charge in [0.15, 0.2) is 0 Å². The number of halogens is 1. The lowest BCUT2D eigenvalue weighted by Crippen LogP contribution is -2.51. The molecule has 1 aliphatic heterocycles. The van der Waals surface area contributed by atoms with Gasteiger partial charge in [-0.15, -0.1) is 0 Å². The Morgan fingerprint density at radius 3 is 2.60 bits per heavy atom. The first-order valence-corrected chi connectivity index (χ1v) is 8.12. The number of hydrogen-bond acceptors (Lipinski definition) is 3. The van der Waals surface area contributed by atoms with Gasteiger partial charge in [0.25, 0.3) is 5.91 Å². The zero-order valence-corrected chi connectivity index (χ0v) is 14.1. The molecular formula is C15H21IN2O2. The molecule has 1 unspecified atom stereocenters. The fourth-order valence-corrected chi connectivity index (χ4v) is 2.97. The number of hydrogen-bond donors (Lipinski definition) is 1. The summed E-state index contributed by atoms with van der Waals surface area (Å²) in [6, 6.07) is 5.70. The molecule has 1 N–H and O–H groups in total. The number of nitrogens with zero attached hydrogens (tertiary/aromatic N) is 2. The molecule has 1 aliphatic rings. The normalized spacial score (nSPS) is 18.1. The maximum absolute atomic E-state index is 12.5. The van der Waals surface area contributed by atoms with Crippen LogP contribution in [0.2, 0.25) is 0 Å². The van der Waals surface area contributed by atoms with Crippen molar-refractivity contribution in [1.82, 2.24) is 9.80 Å². The van der Waals surface area contributed by atoms with Crippen molar-refractivity contribution < 1.29 is 9.90 Å². The molecular weight excluding hydrogens is 367 g/mol. The smallest absolute Gasteiger partial charge is 0.257 e. The fourth-order valence-electron chi connectivity index (χ4n) is 2.47. The highest BCUT2D eigenvalue weighted by Gasteiger charge is 2.25. The summed E-state index contributed by atoms with van der Waals surface area (Å²) >= 11 is 2.15. The van der Waals surface area contributed by atoms with E-state index in [1.807, 2.05) is 4.90 Å². The Balaban J connectivity index is 2.03. The second kappa shape index (κ2) is 6.76. The average molecular weight is 388 g/mol. The lowest BCUT2D eigenvalue weighted by molar-refractivity contribution is 0.0577. The molecule has 1 heterocycles. The number of phenols is 1. The molecule has 20 heavy (non-hydrogen) atoms. The number of piperazine rings is 1. The monoisotopic (exact) mass is 388 g/mol. The number of aromatic hydroxyl groups is 1. The first-order valence-electron chi connectivity index (χ1n) is 7.04. The Labute approximate surface area is 133 Å². The zero-order valence-electron chi connectivity index (χ0n) is 12.0. The largest absolute Gasteiger partial charge is 0.507 e. The maximum Gasteiger partial charge on any atom is 0.257 e. The van der Waals surface area contributed by atoms with Crippen LogP contribution in [0.15, 0.2) is 18.2 Å². The van der Waals surface area contributed by atoms with Crippen LogP contribution in [0.1, 0.15) is 30.6 Å². The van der Waals surface area contributed by atoms with E-state index in [1.165, 1.54) is 0 Å². The van der Waals surface area contributed by atoms with Crippen molar-refractivity contribution in [1.29, 1.82) is 0 Å². The van der Waals surface area contributed by atoms with Crippen LogP contribution in [0.4, 0.5) is 0 Å². The van der Waals surface area contributed by atoms with Crippen molar-refractivity contribution in [2.45, 2.75) is 26.3 Å². The minimum atomic E-state index is -0.0650. The van der Waals surface area contributed by atoms with Crippen LogP contribution in [0, 0.1) is 3.57 Å². The van der Waals surface area contributed by atoms with Gasteiger partial charge >= 0.3 is 0 Å². The van der Waals surface area contributed by atoms with Gasteiger partial charge in [-0.25, -0.2) is 0 Å². The van der Waals surface area contributed by atoms with E-state index < -0.39 is 0 Å². The average Bonchev–Trinajstić information content (AvgIpc) is 2.48. The molecule has 0 saturated carbocycles. The van der Waals surface area contributed by atoms with E-state index in [2.05, 4.69) is 41.3 Å². The molecule has 1 saturated heterocycles. The summed E-state index contributed by atoms with van der Waals surface area (Å²) in [6.45, 7) is 7.69. The van der Waals surface area contributed by atoms with E-state index in [-0.39, 0.29) is 11.7 Å². The highest BCUT2D eigenvalue weighted by molar-refractivity contribution is 14.1. The molecule has 1 atom stereocenters. The molecule has 110 valence electrons. The fraction of sp³-hybridized carbons (Fsp3) is 0.533. The molecule has 0 spiro atoms. The molecule has 0 aliphatic carbocycles. The minimum Gasteiger partial charge on any atom is -0.507 e. The van der Waals surface area contributed by atoms with E-state index in [0.29, 0.717) is 11.6 Å². The van der Waals surface area contributed by atoms with Crippen molar-refractivity contribution in [2.75, 3.05) is 26.2 Å². The second-order valence-electron chi connectivity index (χ2n) is 5.25. The van der Waals surface area contributed by atoms with Gasteiger partial charge in [0.05, 0.1) is 5.56 Å². The van der Waals surface area contributed by atoms with E-state index in [4.69, 9.17) is 0 Å². The van der Waals surface area contributed by atoms with Gasteiger partial charge in [0, 0.05) is 35.8 Å². The second-order valence-corrected chi connectivity index (χ2v) is 6.49. The third-order valence-corrected chi connectivity index (χ3v) is 4.68. The quantitative estimate of drug-likeness (QED) is 0.810. The van der Waals surface area contributed by atoms with Crippen molar-refractivity contribution in [3.05, 3.63) is 27.3 Å². The Hall–Kier alpha value is -0.820. The number of amides is 1. The Morgan fingerprint density at radius 2 is 2.00 bits per heavy atom. The molecule has 1 fully saturated rings. The van der Waals surface area contributed by atoms with Gasteiger partial charge in [-0.05, 0) is 54.1 Å². The molecule has 1 aromatic carbocycles. The maximum atomic E-state index is 12.5. The molecule has 1 aromatic rings. The SMILES string of the molecule is CCC(C)N1CCN(C(=O)c2cc(I)ccc2O)CC1. The van der Waals surface area contributed by atoms with Crippen LogP contribution in [-0.2, 0) is 0 Å². The Kier molecular flexibility index (Phi) is 5.26. The van der Waals surface area contributed by atoms with Gasteiger partial charge < -0.3 is 10.0 Å². The van der Waals surface area contributed by atoms with E-state index in [1.54, 1.807) is 18.2 Å². The first kappa shape index (κ1) is 15.6. The number of rotatable bonds is 3. The first-order chi connectivity index (χ1) is 9.52. The Morgan fingerprint density at radius 1 is 1.35 bits per heavy atom. The number of phenolic OH excluding ortho intramolecular Hbond substituents is 1. The lowest BCUT2D eigenvalue weighted by atomic mass is 10.1. The van der Waals surface area contributed by atoms with Crippen LogP contribution in [0.25, 0.3) is 0 Å². The predicted molar refractivity (Wildman–Crippen MR) is 88.1 cm³/mol. The molecule has 0 radical (unpaired) electrons. The van der Waals surface area contributed by atoms with E-state index in [0.717, 1.165) is 36.2 Å². The van der Waals surface area contributed by atoms with E-state index in [9.17, 15) is 9.90 Å². The van der Waals surface area contributed by atoms with E-state index >= 15 is 0 Å². The topological polar surface area (TPSA) is 43.8 Å². The Bertz CT molecular complexity index is 485. The van der Waals surface area contributed by atoms with Crippen molar-refractivity contribution >= 4 is 28.5 Å². The van der Waals surface area contributed by atoms with Crippen molar-refractivity contribution in [2.24, 2.45) is 0 Å². The van der Waals surface area contributed by atoms with Crippen LogP contribution in [0.5, 0.6) is 5.75 Å². The molecule has 5 heteroatoms. The molecule has 0 bridgehead atoms. The highest BCUT2D eigenvalue weighted by Crippen LogP contribution is 2.22. The van der Waals surface area contributed by atoms with Crippen LogP contribution >= 0.6 is 22.6 Å². The summed E-state index contributed by atoms with van der Waals surface area (Å²) < 4.78 is 0.960. The van der Waals surface area contributed by atoms with Crippen LogP contribution in [-0.4, -0.2) is 53.0 Å². The van der Waals surface area contributed by atoms with Crippen LogP contribution < -0.4 is 0 Å². The number of carbonyl (C=O) groups excluding carboxylic acids is 1. The van der Waals surface area contributed by atoms with Gasteiger partial charge in [0.2, 0.25) is 0 Å². The third-order valence-electron chi connectivity index (χ3n) is 4.00. The number of benzene rings is 1. The summed E-state index contributed by atoms with van der Waals surface area (Å²) in [4.78, 5) is 16.7. The zero-order chi connectivity index (χ0) is 14.7. The lowest BCUT2D eigenvalue weighted by Gasteiger charge is -2.37. The van der Waals surface area contributed by atoms with Crippen LogP contribution in [0.3, 0.4) is 0 Å². The molecule has 4 nitrogen and oxygen atoms in total. The van der Waals surface area contributed by atoms with Gasteiger partial charge in [0.1, 0.15) is 5.75 Å². The van der Waals surface area contributed by atoms with Crippen molar-refractivity contribution in [3.63, 3.8) is 0 Å². The minimum absolute atomic E-state index is 0.0650. The molecule has 1 amide bonds. The standard InChI is InChI=1S/C15H21IN2O2/c1-3-11(2)17-6-8-18(9-7-17)15(20)13-10-12(16)4-5-14(13)19/h4-5,10-11,19H,3,6-9H2,1-2H3. The number of carbonyl (C=O) groups is 1. The summed E-state index contributed by atoms with van der Waals surface area (Å²) in [7, 11) is 0. The van der Waals surface area contributed by atoms with Gasteiger partial charge in [-0.3, -0.25) is 9.69 Å². The summed E-state index contributed by atoms with van der Waals surface area (Å²) in [5.74, 6) is 0.00425. The summed E-state index contributed by atoms with van der Waals surface area (Å²) in [6.07, 6.45) is 1.13. The summed E-state index contributed by atoms with van der Waals surface area (Å²) in [5, 5.41) is 9.85. The summed E-state index contributed by atoms with van der Waals surface area (Å²) in [5.41, 5.74) is 0.411. The highest BCUT2D eigenvalue weighted by atomic mass is 127. The molecule has 2 rings (SSSR count). The predicted octanol–water partition coefficient (Wildman–Crippen LogP) is 2.55. The van der Waals surface area contributed by atoms with Gasteiger partial charge in [-0.2, -0.15) is 0 Å². The van der Waals surface area contributed by atoms with Gasteiger partial charge in [-0.1, -0.05) is 6.92 Å². The molecule has 0 aromatic heterocycles.